The topological polar surface area (TPSA) is 53.8 Å². The fourth-order valence-electron chi connectivity index (χ4n) is 4.99. The van der Waals surface area contributed by atoms with Crippen LogP contribution in [0, 0.1) is 5.92 Å². The number of ether oxygens (including phenoxy) is 1. The molecule has 0 saturated carbocycles. The molecule has 0 radical (unpaired) electrons. The summed E-state index contributed by atoms with van der Waals surface area (Å²) in [5, 5.41) is 0. The molecule has 28 heavy (non-hydrogen) atoms. The Labute approximate surface area is 168 Å². The van der Waals surface area contributed by atoms with E-state index in [-0.39, 0.29) is 5.92 Å². The number of hydrogen-bond acceptors (Lipinski definition) is 5. The maximum absolute atomic E-state index is 12.9. The molecule has 1 aromatic rings. The lowest BCUT2D eigenvalue weighted by Crippen LogP contribution is -2.52. The van der Waals surface area contributed by atoms with Gasteiger partial charge in [0, 0.05) is 44.6 Å². The van der Waals surface area contributed by atoms with E-state index in [1.165, 1.54) is 38.9 Å². The first-order chi connectivity index (χ1) is 13.8. The van der Waals surface area contributed by atoms with Crippen LogP contribution in [0.5, 0.6) is 0 Å². The average molecular weight is 390 g/mol. The number of piperidine rings is 2. The molecule has 3 aliphatic heterocycles. The summed E-state index contributed by atoms with van der Waals surface area (Å²) in [6.07, 6.45) is 11.7. The molecule has 3 fully saturated rings. The van der Waals surface area contributed by atoms with Crippen molar-refractivity contribution in [3.8, 4) is 0 Å². The molecule has 0 bridgehead atoms. The SMILES string of the molecule is O=C([C@H]1CCCN(C2CCN(CCCn3ccnc3)CC2)C1)N1CCOCC1. The summed E-state index contributed by atoms with van der Waals surface area (Å²) in [5.41, 5.74) is 0. The third kappa shape index (κ3) is 5.13. The van der Waals surface area contributed by atoms with Crippen molar-refractivity contribution in [1.29, 1.82) is 0 Å². The normalized spacial score (nSPS) is 25.9. The van der Waals surface area contributed by atoms with Crippen LogP contribution in [-0.4, -0.2) is 95.2 Å². The van der Waals surface area contributed by atoms with E-state index in [0.717, 1.165) is 45.6 Å². The summed E-state index contributed by atoms with van der Waals surface area (Å²) in [6, 6.07) is 0.658. The van der Waals surface area contributed by atoms with Gasteiger partial charge < -0.3 is 19.1 Å². The Morgan fingerprint density at radius 2 is 1.86 bits per heavy atom. The van der Waals surface area contributed by atoms with Gasteiger partial charge in [-0.05, 0) is 58.3 Å². The number of carbonyl (C=O) groups is 1. The van der Waals surface area contributed by atoms with E-state index in [0.29, 0.717) is 25.2 Å². The van der Waals surface area contributed by atoms with Crippen molar-refractivity contribution < 1.29 is 9.53 Å². The second-order valence-corrected chi connectivity index (χ2v) is 8.50. The molecule has 7 heteroatoms. The number of rotatable bonds is 6. The number of hydrogen-bond donors (Lipinski definition) is 0. The zero-order valence-electron chi connectivity index (χ0n) is 17.0. The summed E-state index contributed by atoms with van der Waals surface area (Å²) >= 11 is 0. The minimum Gasteiger partial charge on any atom is -0.378 e. The zero-order valence-corrected chi connectivity index (χ0v) is 17.0. The van der Waals surface area contributed by atoms with Crippen molar-refractivity contribution in [1.82, 2.24) is 24.3 Å². The van der Waals surface area contributed by atoms with Crippen LogP contribution in [0.1, 0.15) is 32.1 Å². The fourth-order valence-corrected chi connectivity index (χ4v) is 4.99. The second kappa shape index (κ2) is 9.85. The van der Waals surface area contributed by atoms with Gasteiger partial charge >= 0.3 is 0 Å². The van der Waals surface area contributed by atoms with Crippen molar-refractivity contribution in [2.75, 3.05) is 59.0 Å². The summed E-state index contributed by atoms with van der Waals surface area (Å²) in [5.74, 6) is 0.560. The van der Waals surface area contributed by atoms with Crippen molar-refractivity contribution in [3.63, 3.8) is 0 Å². The zero-order chi connectivity index (χ0) is 19.2. The number of imidazole rings is 1. The van der Waals surface area contributed by atoms with Crippen molar-refractivity contribution in [2.24, 2.45) is 5.92 Å². The number of aromatic nitrogens is 2. The molecule has 0 aromatic carbocycles. The Morgan fingerprint density at radius 3 is 2.61 bits per heavy atom. The molecule has 3 aliphatic rings. The Hall–Kier alpha value is -1.44. The minimum atomic E-state index is 0.194. The van der Waals surface area contributed by atoms with Crippen molar-refractivity contribution in [2.45, 2.75) is 44.7 Å². The number of morpholine rings is 1. The molecule has 0 aliphatic carbocycles. The van der Waals surface area contributed by atoms with Gasteiger partial charge in [-0.15, -0.1) is 0 Å². The molecule has 4 heterocycles. The van der Waals surface area contributed by atoms with E-state index in [4.69, 9.17) is 4.74 Å². The van der Waals surface area contributed by atoms with E-state index in [1.54, 1.807) is 0 Å². The quantitative estimate of drug-likeness (QED) is 0.734. The molecule has 0 N–H and O–H groups in total. The van der Waals surface area contributed by atoms with E-state index in [9.17, 15) is 4.79 Å². The van der Waals surface area contributed by atoms with Crippen LogP contribution >= 0.6 is 0 Å². The number of amides is 1. The lowest BCUT2D eigenvalue weighted by atomic mass is 9.92. The molecule has 3 saturated heterocycles. The van der Waals surface area contributed by atoms with Gasteiger partial charge in [0.2, 0.25) is 5.91 Å². The van der Waals surface area contributed by atoms with E-state index >= 15 is 0 Å². The van der Waals surface area contributed by atoms with Crippen LogP contribution in [0.3, 0.4) is 0 Å². The van der Waals surface area contributed by atoms with E-state index in [1.807, 2.05) is 23.6 Å². The Morgan fingerprint density at radius 1 is 1.04 bits per heavy atom. The standard InChI is InChI=1S/C21H35N5O2/c27-21(25-13-15-28-16-14-25)19-3-1-9-26(17-19)20-4-10-23(11-5-20)7-2-8-24-12-6-22-18-24/h6,12,18-20H,1-5,7-11,13-17H2/t19-/m0/s1. The van der Waals surface area contributed by atoms with Crippen LogP contribution in [0.25, 0.3) is 0 Å². The highest BCUT2D eigenvalue weighted by Crippen LogP contribution is 2.25. The number of aryl methyl sites for hydroxylation is 1. The van der Waals surface area contributed by atoms with Crippen molar-refractivity contribution >= 4 is 5.91 Å². The highest BCUT2D eigenvalue weighted by Gasteiger charge is 2.33. The predicted molar refractivity (Wildman–Crippen MR) is 108 cm³/mol. The van der Waals surface area contributed by atoms with Crippen LogP contribution < -0.4 is 0 Å². The summed E-state index contributed by atoms with van der Waals surface area (Å²) < 4.78 is 7.56. The third-order valence-corrected chi connectivity index (χ3v) is 6.65. The second-order valence-electron chi connectivity index (χ2n) is 8.50. The minimum absolute atomic E-state index is 0.194. The van der Waals surface area contributed by atoms with Gasteiger partial charge in [0.25, 0.3) is 0 Å². The largest absolute Gasteiger partial charge is 0.378 e. The lowest BCUT2D eigenvalue weighted by Gasteiger charge is -2.43. The molecule has 156 valence electrons. The van der Waals surface area contributed by atoms with Crippen molar-refractivity contribution in [3.05, 3.63) is 18.7 Å². The molecule has 1 atom stereocenters. The Balaban J connectivity index is 1.19. The molecule has 4 rings (SSSR count). The van der Waals surface area contributed by atoms with Crippen LogP contribution in [-0.2, 0) is 16.1 Å². The molecular formula is C21H35N5O2. The molecular weight excluding hydrogens is 354 g/mol. The number of likely N-dealkylation sites (tertiary alicyclic amines) is 2. The van der Waals surface area contributed by atoms with Crippen LogP contribution in [0.15, 0.2) is 18.7 Å². The van der Waals surface area contributed by atoms with Gasteiger partial charge in [-0.1, -0.05) is 0 Å². The summed E-state index contributed by atoms with van der Waals surface area (Å²) in [6.45, 7) is 9.66. The third-order valence-electron chi connectivity index (χ3n) is 6.65. The molecule has 0 unspecified atom stereocenters. The van der Waals surface area contributed by atoms with Crippen LogP contribution in [0.4, 0.5) is 0 Å². The smallest absolute Gasteiger partial charge is 0.227 e. The van der Waals surface area contributed by atoms with Gasteiger partial charge in [-0.2, -0.15) is 0 Å². The summed E-state index contributed by atoms with van der Waals surface area (Å²) in [7, 11) is 0. The first kappa shape index (κ1) is 19.9. The van der Waals surface area contributed by atoms with Gasteiger partial charge in [0.1, 0.15) is 0 Å². The van der Waals surface area contributed by atoms with E-state index < -0.39 is 0 Å². The van der Waals surface area contributed by atoms with E-state index in [2.05, 4.69) is 19.4 Å². The maximum Gasteiger partial charge on any atom is 0.227 e. The molecule has 1 aromatic heterocycles. The number of nitrogens with zero attached hydrogens (tertiary/aromatic N) is 5. The van der Waals surface area contributed by atoms with Crippen LogP contribution in [0.2, 0.25) is 0 Å². The first-order valence-electron chi connectivity index (χ1n) is 11.1. The number of carbonyl (C=O) groups excluding carboxylic acids is 1. The monoisotopic (exact) mass is 389 g/mol. The fraction of sp³-hybridized carbons (Fsp3) is 0.810. The maximum atomic E-state index is 12.9. The summed E-state index contributed by atoms with van der Waals surface area (Å²) in [4.78, 5) is 24.2. The van der Waals surface area contributed by atoms with Gasteiger partial charge in [0.15, 0.2) is 0 Å². The van der Waals surface area contributed by atoms with Gasteiger partial charge in [-0.3, -0.25) is 9.69 Å². The highest BCUT2D eigenvalue weighted by atomic mass is 16.5. The Bertz CT molecular complexity index is 594. The highest BCUT2D eigenvalue weighted by molar-refractivity contribution is 5.79. The molecule has 7 nitrogen and oxygen atoms in total. The molecule has 0 spiro atoms. The Kier molecular flexibility index (Phi) is 6.99. The van der Waals surface area contributed by atoms with Gasteiger partial charge in [0.05, 0.1) is 25.5 Å². The first-order valence-corrected chi connectivity index (χ1v) is 11.1. The van der Waals surface area contributed by atoms with Gasteiger partial charge in [-0.25, -0.2) is 4.98 Å². The predicted octanol–water partition coefficient (Wildman–Crippen LogP) is 1.31. The lowest BCUT2D eigenvalue weighted by molar-refractivity contribution is -0.142. The molecule has 1 amide bonds. The average Bonchev–Trinajstić information content (AvgIpc) is 3.28.